The van der Waals surface area contributed by atoms with Crippen LogP contribution in [0, 0.1) is 11.8 Å². The number of benzene rings is 2. The summed E-state index contributed by atoms with van der Waals surface area (Å²) in [4.78, 5) is 12.4. The normalized spacial score (nSPS) is 22.7. The van der Waals surface area contributed by atoms with Crippen LogP contribution in [0.3, 0.4) is 0 Å². The van der Waals surface area contributed by atoms with E-state index in [1.165, 1.54) is 12.0 Å². The van der Waals surface area contributed by atoms with Gasteiger partial charge in [0.1, 0.15) is 5.75 Å². The van der Waals surface area contributed by atoms with Crippen molar-refractivity contribution < 1.29 is 14.3 Å². The van der Waals surface area contributed by atoms with Gasteiger partial charge < -0.3 is 14.8 Å². The zero-order valence-corrected chi connectivity index (χ0v) is 15.7. The molecule has 1 saturated heterocycles. The molecular weight excluding hydrogens is 326 g/mol. The smallest absolute Gasteiger partial charge is 0.255 e. The third-order valence-electron chi connectivity index (χ3n) is 5.17. The van der Waals surface area contributed by atoms with Crippen LogP contribution in [-0.2, 0) is 11.2 Å². The largest absolute Gasteiger partial charge is 0.497 e. The fourth-order valence-corrected chi connectivity index (χ4v) is 3.40. The van der Waals surface area contributed by atoms with E-state index in [0.29, 0.717) is 29.3 Å². The molecule has 2 aromatic carbocycles. The van der Waals surface area contributed by atoms with E-state index in [0.717, 1.165) is 18.7 Å². The molecule has 0 aliphatic carbocycles. The molecule has 138 valence electrons. The van der Waals surface area contributed by atoms with Crippen molar-refractivity contribution in [2.75, 3.05) is 19.0 Å². The first-order chi connectivity index (χ1) is 12.5. The summed E-state index contributed by atoms with van der Waals surface area (Å²) in [6, 6.07) is 15.2. The van der Waals surface area contributed by atoms with E-state index in [9.17, 15) is 4.79 Å². The molecule has 0 spiro atoms. The molecule has 4 heteroatoms. The summed E-state index contributed by atoms with van der Waals surface area (Å²) in [7, 11) is 1.59. The molecule has 26 heavy (non-hydrogen) atoms. The second kappa shape index (κ2) is 8.37. The lowest BCUT2D eigenvalue weighted by Gasteiger charge is -2.32. The molecule has 3 atom stereocenters. The average Bonchev–Trinajstić information content (AvgIpc) is 2.66. The van der Waals surface area contributed by atoms with Gasteiger partial charge in [0, 0.05) is 11.3 Å². The summed E-state index contributed by atoms with van der Waals surface area (Å²) in [5, 5.41) is 2.93. The molecule has 2 aromatic rings. The third kappa shape index (κ3) is 4.64. The molecule has 1 N–H and O–H groups in total. The number of rotatable bonds is 5. The highest BCUT2D eigenvalue weighted by Gasteiger charge is 2.25. The maximum absolute atomic E-state index is 12.4. The Labute approximate surface area is 155 Å². The van der Waals surface area contributed by atoms with Crippen molar-refractivity contribution in [2.45, 2.75) is 32.8 Å². The van der Waals surface area contributed by atoms with Crippen molar-refractivity contribution >= 4 is 11.6 Å². The molecule has 0 radical (unpaired) electrons. The Kier molecular flexibility index (Phi) is 5.94. The summed E-state index contributed by atoms with van der Waals surface area (Å²) in [5.41, 5.74) is 2.65. The standard InChI is InChI=1S/C22H27NO3/c1-15-11-18(14-26-16(15)2)12-17-7-9-20(10-8-17)23-22(24)19-5-4-6-21(13-19)25-3/h4-10,13,15-16,18H,11-12,14H2,1-3H3,(H,23,24). The van der Waals surface area contributed by atoms with Gasteiger partial charge in [0.2, 0.25) is 0 Å². The molecular formula is C22H27NO3. The van der Waals surface area contributed by atoms with Crippen molar-refractivity contribution in [2.24, 2.45) is 11.8 Å². The van der Waals surface area contributed by atoms with E-state index >= 15 is 0 Å². The minimum Gasteiger partial charge on any atom is -0.497 e. The zero-order valence-electron chi connectivity index (χ0n) is 15.7. The van der Waals surface area contributed by atoms with Gasteiger partial charge in [0.05, 0.1) is 19.8 Å². The number of methoxy groups -OCH3 is 1. The van der Waals surface area contributed by atoms with Gasteiger partial charge in [-0.1, -0.05) is 25.1 Å². The van der Waals surface area contributed by atoms with E-state index in [4.69, 9.17) is 9.47 Å². The van der Waals surface area contributed by atoms with E-state index in [2.05, 4.69) is 31.3 Å². The minimum absolute atomic E-state index is 0.139. The molecule has 0 bridgehead atoms. The molecule has 1 fully saturated rings. The summed E-state index contributed by atoms with van der Waals surface area (Å²) >= 11 is 0. The van der Waals surface area contributed by atoms with Crippen LogP contribution >= 0.6 is 0 Å². The number of ether oxygens (including phenoxy) is 2. The lowest BCUT2D eigenvalue weighted by Crippen LogP contribution is -2.31. The highest BCUT2D eigenvalue weighted by atomic mass is 16.5. The monoisotopic (exact) mass is 353 g/mol. The SMILES string of the molecule is COc1cccc(C(=O)Nc2ccc(CC3COC(C)C(C)C3)cc2)c1. The van der Waals surface area contributed by atoms with Gasteiger partial charge in [-0.3, -0.25) is 4.79 Å². The Bertz CT molecular complexity index is 741. The number of hydrogen-bond acceptors (Lipinski definition) is 3. The molecule has 3 rings (SSSR count). The number of amides is 1. The van der Waals surface area contributed by atoms with Crippen LogP contribution in [0.25, 0.3) is 0 Å². The number of nitrogens with one attached hydrogen (secondary N) is 1. The van der Waals surface area contributed by atoms with Crippen LogP contribution in [0.4, 0.5) is 5.69 Å². The molecule has 1 heterocycles. The van der Waals surface area contributed by atoms with Crippen LogP contribution in [0.5, 0.6) is 5.75 Å². The second-order valence-electron chi connectivity index (χ2n) is 7.20. The van der Waals surface area contributed by atoms with Crippen LogP contribution in [0.15, 0.2) is 48.5 Å². The topological polar surface area (TPSA) is 47.6 Å². The predicted molar refractivity (Wildman–Crippen MR) is 104 cm³/mol. The summed E-state index contributed by atoms with van der Waals surface area (Å²) in [6.45, 7) is 5.24. The van der Waals surface area contributed by atoms with Crippen LogP contribution in [0.2, 0.25) is 0 Å². The Morgan fingerprint density at radius 1 is 1.19 bits per heavy atom. The van der Waals surface area contributed by atoms with Crippen LogP contribution < -0.4 is 10.1 Å². The Morgan fingerprint density at radius 2 is 1.96 bits per heavy atom. The average molecular weight is 353 g/mol. The summed E-state index contributed by atoms with van der Waals surface area (Å²) in [6.07, 6.45) is 2.58. The highest BCUT2D eigenvalue weighted by molar-refractivity contribution is 6.04. The van der Waals surface area contributed by atoms with E-state index < -0.39 is 0 Å². The van der Waals surface area contributed by atoms with E-state index in [-0.39, 0.29) is 5.91 Å². The molecule has 1 aliphatic heterocycles. The Hall–Kier alpha value is -2.33. The fourth-order valence-electron chi connectivity index (χ4n) is 3.40. The Morgan fingerprint density at radius 3 is 2.65 bits per heavy atom. The molecule has 0 saturated carbocycles. The number of carbonyl (C=O) groups excluding carboxylic acids is 1. The molecule has 1 amide bonds. The summed E-state index contributed by atoms with van der Waals surface area (Å²) in [5.74, 6) is 1.71. The minimum atomic E-state index is -0.139. The number of carbonyl (C=O) groups is 1. The van der Waals surface area contributed by atoms with E-state index in [1.54, 1.807) is 19.2 Å². The number of hydrogen-bond donors (Lipinski definition) is 1. The maximum atomic E-state index is 12.4. The van der Waals surface area contributed by atoms with Gasteiger partial charge in [0.25, 0.3) is 5.91 Å². The summed E-state index contributed by atoms with van der Waals surface area (Å²) < 4.78 is 11.0. The Balaban J connectivity index is 1.58. The van der Waals surface area contributed by atoms with Gasteiger partial charge in [0.15, 0.2) is 0 Å². The van der Waals surface area contributed by atoms with Crippen LogP contribution in [-0.4, -0.2) is 25.7 Å². The highest BCUT2D eigenvalue weighted by Crippen LogP contribution is 2.27. The maximum Gasteiger partial charge on any atom is 0.255 e. The van der Waals surface area contributed by atoms with Crippen molar-refractivity contribution in [3.05, 3.63) is 59.7 Å². The van der Waals surface area contributed by atoms with Crippen molar-refractivity contribution in [1.29, 1.82) is 0 Å². The first kappa shape index (κ1) is 18.5. The molecule has 0 aromatic heterocycles. The van der Waals surface area contributed by atoms with Crippen molar-refractivity contribution in [3.63, 3.8) is 0 Å². The van der Waals surface area contributed by atoms with Gasteiger partial charge in [-0.15, -0.1) is 0 Å². The first-order valence-corrected chi connectivity index (χ1v) is 9.21. The van der Waals surface area contributed by atoms with Gasteiger partial charge in [-0.25, -0.2) is 0 Å². The quantitative estimate of drug-likeness (QED) is 0.858. The van der Waals surface area contributed by atoms with Gasteiger partial charge in [-0.2, -0.15) is 0 Å². The molecule has 4 nitrogen and oxygen atoms in total. The van der Waals surface area contributed by atoms with Crippen molar-refractivity contribution in [3.8, 4) is 5.75 Å². The zero-order chi connectivity index (χ0) is 18.5. The van der Waals surface area contributed by atoms with E-state index in [1.807, 2.05) is 24.3 Å². The molecule has 3 unspecified atom stereocenters. The second-order valence-corrected chi connectivity index (χ2v) is 7.20. The van der Waals surface area contributed by atoms with Crippen molar-refractivity contribution in [1.82, 2.24) is 0 Å². The fraction of sp³-hybridized carbons (Fsp3) is 0.409. The van der Waals surface area contributed by atoms with Gasteiger partial charge in [-0.05, 0) is 67.5 Å². The van der Waals surface area contributed by atoms with Crippen LogP contribution in [0.1, 0.15) is 36.2 Å². The van der Waals surface area contributed by atoms with Gasteiger partial charge >= 0.3 is 0 Å². The number of anilines is 1. The lowest BCUT2D eigenvalue weighted by atomic mass is 9.86. The predicted octanol–water partition coefficient (Wildman–Crippen LogP) is 4.55. The lowest BCUT2D eigenvalue weighted by molar-refractivity contribution is -0.0397. The third-order valence-corrected chi connectivity index (χ3v) is 5.17. The molecule has 1 aliphatic rings. The first-order valence-electron chi connectivity index (χ1n) is 9.21.